The molecule has 1 aliphatic rings. The van der Waals surface area contributed by atoms with Gasteiger partial charge in [0.1, 0.15) is 5.75 Å². The number of carboxylic acids is 1. The minimum atomic E-state index is -0.778. The molecule has 0 unspecified atom stereocenters. The summed E-state index contributed by atoms with van der Waals surface area (Å²) < 4.78 is 5.38. The average molecular weight is 376 g/mol. The largest absolute Gasteiger partial charge is 0.497 e. The number of likely N-dealkylation sites (N-methyl/N-ethyl adjacent to an activating group) is 1. The molecule has 0 bridgehead atoms. The number of methoxy groups -OCH3 is 1. The van der Waals surface area contributed by atoms with Gasteiger partial charge < -0.3 is 9.84 Å². The second kappa shape index (κ2) is 9.06. The molecule has 0 saturated heterocycles. The number of nitrogens with zero attached hydrogens (tertiary/aromatic N) is 1. The molecule has 140 valence electrons. The van der Waals surface area contributed by atoms with Crippen molar-refractivity contribution >= 4 is 18.4 Å². The first kappa shape index (κ1) is 20.3. The molecule has 3 rings (SSSR count). The molecule has 2 aromatic rings. The zero-order valence-corrected chi connectivity index (χ0v) is 16.0. The van der Waals surface area contributed by atoms with Crippen LogP contribution in [0.5, 0.6) is 5.75 Å². The highest BCUT2D eigenvalue weighted by molar-refractivity contribution is 5.85. The Kier molecular flexibility index (Phi) is 7.06. The summed E-state index contributed by atoms with van der Waals surface area (Å²) in [6, 6.07) is 16.9. The van der Waals surface area contributed by atoms with Crippen molar-refractivity contribution in [3.05, 3.63) is 65.2 Å². The predicted molar refractivity (Wildman–Crippen MR) is 105 cm³/mol. The molecule has 0 saturated carbocycles. The van der Waals surface area contributed by atoms with E-state index in [-0.39, 0.29) is 24.9 Å². The number of benzene rings is 2. The van der Waals surface area contributed by atoms with Crippen molar-refractivity contribution in [3.63, 3.8) is 0 Å². The van der Waals surface area contributed by atoms with Crippen LogP contribution in [-0.2, 0) is 11.2 Å². The molecule has 1 aliphatic carbocycles. The first-order valence-electron chi connectivity index (χ1n) is 8.70. The highest BCUT2D eigenvalue weighted by Crippen LogP contribution is 2.42. The molecule has 0 spiro atoms. The summed E-state index contributed by atoms with van der Waals surface area (Å²) in [4.78, 5) is 12.9. The number of halogens is 1. The summed E-state index contributed by atoms with van der Waals surface area (Å²) in [7, 11) is 3.59. The third-order valence-corrected chi connectivity index (χ3v) is 5.05. The maximum Gasteiger partial charge on any atom is 0.317 e. The Morgan fingerprint density at radius 3 is 2.62 bits per heavy atom. The smallest absolute Gasteiger partial charge is 0.317 e. The van der Waals surface area contributed by atoms with Gasteiger partial charge in [-0.15, -0.1) is 12.4 Å². The predicted octanol–water partition coefficient (Wildman–Crippen LogP) is 3.83. The summed E-state index contributed by atoms with van der Waals surface area (Å²) in [5, 5.41) is 9.06. The highest BCUT2D eigenvalue weighted by atomic mass is 35.5. The quantitative estimate of drug-likeness (QED) is 0.833. The lowest BCUT2D eigenvalue weighted by atomic mass is 9.71. The van der Waals surface area contributed by atoms with E-state index in [0.717, 1.165) is 25.1 Å². The van der Waals surface area contributed by atoms with E-state index in [1.54, 1.807) is 7.11 Å². The van der Waals surface area contributed by atoms with Crippen molar-refractivity contribution in [2.24, 2.45) is 5.92 Å². The van der Waals surface area contributed by atoms with Crippen LogP contribution >= 0.6 is 12.4 Å². The average Bonchev–Trinajstić information content (AvgIpc) is 2.61. The summed E-state index contributed by atoms with van der Waals surface area (Å²) in [5.41, 5.74) is 3.97. The zero-order chi connectivity index (χ0) is 17.8. The molecule has 0 aliphatic heterocycles. The van der Waals surface area contributed by atoms with Gasteiger partial charge in [0.2, 0.25) is 0 Å². The molecular weight excluding hydrogens is 350 g/mol. The first-order valence-corrected chi connectivity index (χ1v) is 8.70. The lowest BCUT2D eigenvalue weighted by molar-refractivity contribution is -0.138. The number of rotatable bonds is 6. The van der Waals surface area contributed by atoms with Gasteiger partial charge in [-0.05, 0) is 54.6 Å². The summed E-state index contributed by atoms with van der Waals surface area (Å²) in [5.74, 6) is 0.798. The minimum Gasteiger partial charge on any atom is -0.497 e. The van der Waals surface area contributed by atoms with Crippen LogP contribution in [0.25, 0.3) is 0 Å². The third kappa shape index (κ3) is 4.57. The van der Waals surface area contributed by atoms with Crippen molar-refractivity contribution in [2.45, 2.75) is 18.8 Å². The summed E-state index contributed by atoms with van der Waals surface area (Å²) in [6.45, 7) is 0.852. The van der Waals surface area contributed by atoms with E-state index in [1.165, 1.54) is 16.7 Å². The molecule has 4 nitrogen and oxygen atoms in total. The Bertz CT molecular complexity index is 735. The van der Waals surface area contributed by atoms with Crippen LogP contribution in [0.4, 0.5) is 0 Å². The van der Waals surface area contributed by atoms with E-state index < -0.39 is 5.97 Å². The number of hydrogen-bond acceptors (Lipinski definition) is 3. The van der Waals surface area contributed by atoms with E-state index in [1.807, 2.05) is 24.1 Å². The maximum atomic E-state index is 11.0. The molecule has 0 heterocycles. The number of ether oxygens (including phenoxy) is 1. The monoisotopic (exact) mass is 375 g/mol. The van der Waals surface area contributed by atoms with Gasteiger partial charge >= 0.3 is 5.97 Å². The SMILES string of the molecule is COc1ccc2c(c1)CC[C@H](CN(C)CC(=O)O)[C@@H]2c1ccccc1.Cl. The van der Waals surface area contributed by atoms with E-state index in [2.05, 4.69) is 36.4 Å². The van der Waals surface area contributed by atoms with Gasteiger partial charge in [0.25, 0.3) is 0 Å². The molecule has 2 atom stereocenters. The molecule has 0 fully saturated rings. The second-order valence-electron chi connectivity index (χ2n) is 6.84. The lowest BCUT2D eigenvalue weighted by Gasteiger charge is -2.36. The number of hydrogen-bond donors (Lipinski definition) is 1. The fourth-order valence-corrected chi connectivity index (χ4v) is 4.00. The van der Waals surface area contributed by atoms with E-state index >= 15 is 0 Å². The standard InChI is InChI=1S/C21H25NO3.ClH/c1-22(14-20(23)24)13-17-9-8-16-12-18(25-2)10-11-19(16)21(17)15-6-4-3-5-7-15;/h3-7,10-12,17,21H,8-9,13-14H2,1-2H3,(H,23,24);1H/t17-,21+;/m1./s1. The normalized spacial score (nSPS) is 18.7. The van der Waals surface area contributed by atoms with Gasteiger partial charge in [-0.2, -0.15) is 0 Å². The van der Waals surface area contributed by atoms with Crippen LogP contribution in [0.3, 0.4) is 0 Å². The zero-order valence-electron chi connectivity index (χ0n) is 15.2. The fraction of sp³-hybridized carbons (Fsp3) is 0.381. The molecule has 26 heavy (non-hydrogen) atoms. The molecule has 2 aromatic carbocycles. The number of aliphatic carboxylic acids is 1. The Morgan fingerprint density at radius 2 is 1.96 bits per heavy atom. The van der Waals surface area contributed by atoms with Crippen LogP contribution in [-0.4, -0.2) is 43.2 Å². The topological polar surface area (TPSA) is 49.8 Å². The van der Waals surface area contributed by atoms with Crippen molar-refractivity contribution < 1.29 is 14.6 Å². The van der Waals surface area contributed by atoms with Gasteiger partial charge in [0.05, 0.1) is 13.7 Å². The van der Waals surface area contributed by atoms with Gasteiger partial charge in [-0.1, -0.05) is 36.4 Å². The van der Waals surface area contributed by atoms with Crippen LogP contribution in [0.2, 0.25) is 0 Å². The van der Waals surface area contributed by atoms with Gasteiger partial charge in [-0.25, -0.2) is 0 Å². The Hall–Kier alpha value is -2.04. The van der Waals surface area contributed by atoms with Crippen LogP contribution < -0.4 is 4.74 Å². The third-order valence-electron chi connectivity index (χ3n) is 5.05. The van der Waals surface area contributed by atoms with Crippen LogP contribution in [0, 0.1) is 5.92 Å². The van der Waals surface area contributed by atoms with Crippen molar-refractivity contribution in [3.8, 4) is 5.75 Å². The van der Waals surface area contributed by atoms with E-state index in [4.69, 9.17) is 9.84 Å². The van der Waals surface area contributed by atoms with E-state index in [9.17, 15) is 4.79 Å². The van der Waals surface area contributed by atoms with E-state index in [0.29, 0.717) is 5.92 Å². The number of aryl methyl sites for hydroxylation is 1. The molecule has 0 aromatic heterocycles. The molecular formula is C21H26ClNO3. The van der Waals surface area contributed by atoms with Crippen LogP contribution in [0.1, 0.15) is 29.0 Å². The number of fused-ring (bicyclic) bond motifs is 1. The molecule has 0 amide bonds. The maximum absolute atomic E-state index is 11.0. The second-order valence-corrected chi connectivity index (χ2v) is 6.84. The summed E-state index contributed by atoms with van der Waals surface area (Å²) in [6.07, 6.45) is 2.05. The Labute approximate surface area is 161 Å². The number of carboxylic acid groups (broad SMARTS) is 1. The molecule has 0 radical (unpaired) electrons. The Balaban J connectivity index is 0.00000243. The summed E-state index contributed by atoms with van der Waals surface area (Å²) >= 11 is 0. The van der Waals surface area contributed by atoms with Gasteiger partial charge in [-0.3, -0.25) is 9.69 Å². The molecule has 5 heteroatoms. The van der Waals surface area contributed by atoms with Crippen molar-refractivity contribution in [1.82, 2.24) is 4.90 Å². The van der Waals surface area contributed by atoms with Crippen molar-refractivity contribution in [1.29, 1.82) is 0 Å². The van der Waals surface area contributed by atoms with Gasteiger partial charge in [0, 0.05) is 12.5 Å². The number of carbonyl (C=O) groups is 1. The molecule has 1 N–H and O–H groups in total. The lowest BCUT2D eigenvalue weighted by Crippen LogP contribution is -2.35. The van der Waals surface area contributed by atoms with Gasteiger partial charge in [0.15, 0.2) is 0 Å². The Morgan fingerprint density at radius 1 is 1.23 bits per heavy atom. The highest BCUT2D eigenvalue weighted by Gasteiger charge is 2.31. The first-order chi connectivity index (χ1) is 12.1. The minimum absolute atomic E-state index is 0. The fourth-order valence-electron chi connectivity index (χ4n) is 4.00. The van der Waals surface area contributed by atoms with Crippen LogP contribution in [0.15, 0.2) is 48.5 Å². The van der Waals surface area contributed by atoms with Crippen molar-refractivity contribution in [2.75, 3.05) is 27.2 Å².